The molecule has 0 aromatic carbocycles. The molecule has 11 nitrogen and oxygen atoms in total. The topological polar surface area (TPSA) is 138 Å². The Morgan fingerprint density at radius 3 is 2.59 bits per heavy atom. The highest BCUT2D eigenvalue weighted by atomic mass is 19.3. The second kappa shape index (κ2) is 13.1. The summed E-state index contributed by atoms with van der Waals surface area (Å²) in [5.74, 6) is 0.0921. The molecule has 2 heterocycles. The molecule has 1 atom stereocenters. The zero-order valence-corrected chi connectivity index (χ0v) is 21.6. The molecule has 4 N–H and O–H groups in total. The maximum Gasteiger partial charge on any atom is 0.410 e. The van der Waals surface area contributed by atoms with Crippen LogP contribution in [0.5, 0.6) is 0 Å². The highest BCUT2D eigenvalue weighted by Crippen LogP contribution is 2.24. The first-order valence-electron chi connectivity index (χ1n) is 12.7. The zero-order valence-electron chi connectivity index (χ0n) is 21.6. The quantitative estimate of drug-likeness (QED) is 0.356. The van der Waals surface area contributed by atoms with Crippen LogP contribution in [0, 0.1) is 0 Å². The minimum atomic E-state index is -2.86. The number of carbonyl (C=O) groups excluding carboxylic acids is 2. The van der Waals surface area contributed by atoms with E-state index in [9.17, 15) is 23.5 Å². The smallest absolute Gasteiger partial charge is 0.410 e. The van der Waals surface area contributed by atoms with Crippen LogP contribution in [0.4, 0.5) is 25.3 Å². The van der Waals surface area contributed by atoms with Gasteiger partial charge in [-0.1, -0.05) is 0 Å². The van der Waals surface area contributed by atoms with Crippen LogP contribution in [-0.4, -0.2) is 88.6 Å². The number of piperidine rings is 1. The summed E-state index contributed by atoms with van der Waals surface area (Å²) in [4.78, 5) is 35.9. The lowest BCUT2D eigenvalue weighted by Crippen LogP contribution is -2.50. The van der Waals surface area contributed by atoms with E-state index in [1.165, 1.54) is 6.20 Å². The van der Waals surface area contributed by atoms with Crippen molar-refractivity contribution in [3.05, 3.63) is 11.8 Å². The van der Waals surface area contributed by atoms with Gasteiger partial charge in [0.2, 0.25) is 5.95 Å². The molecule has 13 heteroatoms. The normalized spacial score (nSPS) is 22.5. The van der Waals surface area contributed by atoms with Gasteiger partial charge >= 0.3 is 12.7 Å². The number of nitrogens with zero attached hydrogens (tertiary/aromatic N) is 3. The molecule has 0 radical (unpaired) electrons. The van der Waals surface area contributed by atoms with Crippen molar-refractivity contribution in [2.45, 2.75) is 89.7 Å². The van der Waals surface area contributed by atoms with Gasteiger partial charge in [0.05, 0.1) is 12.7 Å². The third-order valence-electron chi connectivity index (χ3n) is 6.11. The third kappa shape index (κ3) is 9.54. The van der Waals surface area contributed by atoms with Crippen LogP contribution in [0.3, 0.4) is 0 Å². The first-order chi connectivity index (χ1) is 17.5. The Kier molecular flexibility index (Phi) is 10.2. The van der Waals surface area contributed by atoms with Gasteiger partial charge in [-0.3, -0.25) is 4.79 Å². The van der Waals surface area contributed by atoms with Crippen LogP contribution >= 0.6 is 0 Å². The van der Waals surface area contributed by atoms with E-state index in [2.05, 4.69) is 30.7 Å². The molecule has 2 fully saturated rings. The fourth-order valence-corrected chi connectivity index (χ4v) is 4.32. The van der Waals surface area contributed by atoms with Crippen LogP contribution in [0.1, 0.15) is 69.7 Å². The number of aliphatic hydroxyl groups excluding tert-OH is 1. The summed E-state index contributed by atoms with van der Waals surface area (Å²) in [6.45, 7) is 3.27. The average Bonchev–Trinajstić information content (AvgIpc) is 2.82. The Bertz CT molecular complexity index is 908. The molecule has 1 saturated heterocycles. The summed E-state index contributed by atoms with van der Waals surface area (Å²) in [7, 11) is 0. The molecule has 0 bridgehead atoms. The molecule has 0 spiro atoms. The lowest BCUT2D eigenvalue weighted by atomic mass is 9.93. The minimum Gasteiger partial charge on any atom is -0.444 e. The molecular weight excluding hydrogens is 490 g/mol. The first-order valence-corrected chi connectivity index (χ1v) is 12.7. The maximum absolute atomic E-state index is 13.2. The van der Waals surface area contributed by atoms with Gasteiger partial charge in [0, 0.05) is 37.9 Å². The van der Waals surface area contributed by atoms with Crippen LogP contribution < -0.4 is 16.0 Å². The number of hydrogen-bond acceptors (Lipinski definition) is 9. The van der Waals surface area contributed by atoms with Gasteiger partial charge in [0.25, 0.3) is 5.91 Å². The highest BCUT2D eigenvalue weighted by molar-refractivity contribution is 5.98. The predicted octanol–water partition coefficient (Wildman–Crippen LogP) is 2.97. The van der Waals surface area contributed by atoms with E-state index < -0.39 is 18.3 Å². The van der Waals surface area contributed by atoms with Crippen molar-refractivity contribution >= 4 is 23.8 Å². The van der Waals surface area contributed by atoms with Crippen molar-refractivity contribution in [2.24, 2.45) is 0 Å². The van der Waals surface area contributed by atoms with Crippen LogP contribution in [-0.2, 0) is 9.47 Å². The third-order valence-corrected chi connectivity index (χ3v) is 6.11. The van der Waals surface area contributed by atoms with Crippen molar-refractivity contribution in [3.63, 3.8) is 0 Å². The lowest BCUT2D eigenvalue weighted by molar-refractivity contribution is -0.125. The molecule has 2 amide bonds. The number of aliphatic hydroxyl groups is 1. The molecule has 1 aromatic rings. The average molecular weight is 529 g/mol. The van der Waals surface area contributed by atoms with Gasteiger partial charge in [-0.25, -0.2) is 9.78 Å². The lowest BCUT2D eigenvalue weighted by Gasteiger charge is -2.34. The Morgan fingerprint density at radius 2 is 1.92 bits per heavy atom. The summed E-state index contributed by atoms with van der Waals surface area (Å²) < 4.78 is 34.1. The molecular formula is C24H38F2N6O5. The Balaban J connectivity index is 1.68. The van der Waals surface area contributed by atoms with E-state index in [1.807, 2.05) is 0 Å². The number of amides is 2. The SMILES string of the molecule is CC(C)(C)OC(=O)N1CCC[C@H](NC(=O)c2cnc(NCCOC(F)F)nc2NC2CCC(O)CC2)C1. The standard InChI is InChI=1S/C24H38F2N6O5/c1-24(2,3)37-23(35)32-11-4-5-16(14-32)30-20(34)18-13-28-22(27-10-12-36-21(25)26)31-19(18)29-15-6-8-17(33)9-7-15/h13,15-17,21,33H,4-12,14H2,1-3H3,(H,30,34)(H2,27,28,29,31)/t15?,16-,17?/m0/s1. The van der Waals surface area contributed by atoms with E-state index in [0.29, 0.717) is 51.0 Å². The van der Waals surface area contributed by atoms with Crippen molar-refractivity contribution in [1.82, 2.24) is 20.2 Å². The largest absolute Gasteiger partial charge is 0.444 e. The number of rotatable bonds is 9. The van der Waals surface area contributed by atoms with E-state index >= 15 is 0 Å². The molecule has 37 heavy (non-hydrogen) atoms. The number of halogens is 2. The number of hydrogen-bond donors (Lipinski definition) is 4. The molecule has 208 valence electrons. The summed E-state index contributed by atoms with van der Waals surface area (Å²) in [5, 5.41) is 18.9. The summed E-state index contributed by atoms with van der Waals surface area (Å²) >= 11 is 0. The molecule has 3 rings (SSSR count). The predicted molar refractivity (Wildman–Crippen MR) is 133 cm³/mol. The Hall–Kier alpha value is -2.80. The van der Waals surface area contributed by atoms with Crippen LogP contribution in [0.15, 0.2) is 6.20 Å². The number of aromatic nitrogens is 2. The summed E-state index contributed by atoms with van der Waals surface area (Å²) in [6.07, 6.45) is 4.77. The van der Waals surface area contributed by atoms with E-state index in [1.54, 1.807) is 25.7 Å². The summed E-state index contributed by atoms with van der Waals surface area (Å²) in [6, 6.07) is -0.257. The van der Waals surface area contributed by atoms with Crippen LogP contribution in [0.2, 0.25) is 0 Å². The fraction of sp³-hybridized carbons (Fsp3) is 0.750. The van der Waals surface area contributed by atoms with Gasteiger partial charge in [-0.05, 0) is 59.3 Å². The van der Waals surface area contributed by atoms with Crippen molar-refractivity contribution in [2.75, 3.05) is 36.9 Å². The van der Waals surface area contributed by atoms with Crippen molar-refractivity contribution in [1.29, 1.82) is 0 Å². The number of likely N-dealkylation sites (tertiary alicyclic amines) is 1. The van der Waals surface area contributed by atoms with Gasteiger partial charge in [-0.2, -0.15) is 13.8 Å². The van der Waals surface area contributed by atoms with E-state index in [0.717, 1.165) is 6.42 Å². The van der Waals surface area contributed by atoms with Crippen molar-refractivity contribution in [3.8, 4) is 0 Å². The molecule has 1 aliphatic carbocycles. The molecule has 2 aliphatic rings. The van der Waals surface area contributed by atoms with Gasteiger partial charge < -0.3 is 35.4 Å². The molecule has 1 aliphatic heterocycles. The second-order valence-electron chi connectivity index (χ2n) is 10.4. The number of alkyl halides is 2. The molecule has 1 aromatic heterocycles. The molecule has 0 unspecified atom stereocenters. The monoisotopic (exact) mass is 528 g/mol. The fourth-order valence-electron chi connectivity index (χ4n) is 4.32. The first kappa shape index (κ1) is 28.8. The highest BCUT2D eigenvalue weighted by Gasteiger charge is 2.30. The number of nitrogens with one attached hydrogen (secondary N) is 3. The number of ether oxygens (including phenoxy) is 2. The minimum absolute atomic E-state index is 0.0113. The Morgan fingerprint density at radius 1 is 1.19 bits per heavy atom. The van der Waals surface area contributed by atoms with E-state index in [4.69, 9.17) is 4.74 Å². The van der Waals surface area contributed by atoms with Crippen LogP contribution in [0.25, 0.3) is 0 Å². The number of carbonyl (C=O) groups is 2. The maximum atomic E-state index is 13.2. The second-order valence-corrected chi connectivity index (χ2v) is 10.4. The van der Waals surface area contributed by atoms with E-state index in [-0.39, 0.29) is 48.8 Å². The van der Waals surface area contributed by atoms with Crippen molar-refractivity contribution < 1.29 is 33.0 Å². The van der Waals surface area contributed by atoms with Gasteiger partial charge in [-0.15, -0.1) is 0 Å². The summed E-state index contributed by atoms with van der Waals surface area (Å²) in [5.41, 5.74) is -0.378. The Labute approximate surface area is 215 Å². The molecule has 1 saturated carbocycles. The zero-order chi connectivity index (χ0) is 27.0. The number of anilines is 2. The van der Waals surface area contributed by atoms with Gasteiger partial charge in [0.1, 0.15) is 17.0 Å². The van der Waals surface area contributed by atoms with Gasteiger partial charge in [0.15, 0.2) is 0 Å².